The fraction of sp³-hybridized carbons (Fsp3) is 0.647. The van der Waals surface area contributed by atoms with Gasteiger partial charge in [-0.3, -0.25) is 0 Å². The normalized spacial score (nSPS) is 39.1. The summed E-state index contributed by atoms with van der Waals surface area (Å²) in [5, 5.41) is 12.2. The van der Waals surface area contributed by atoms with Crippen LogP contribution in [-0.4, -0.2) is 17.8 Å². The minimum Gasteiger partial charge on any atom is -0.392 e. The van der Waals surface area contributed by atoms with Crippen molar-refractivity contribution >= 4 is 23.2 Å². The molecule has 0 aromatic heterocycles. The molecule has 2 nitrogen and oxygen atoms in total. The van der Waals surface area contributed by atoms with Crippen LogP contribution in [-0.2, 0) is 0 Å². The summed E-state index contributed by atoms with van der Waals surface area (Å²) < 4.78 is 0. The van der Waals surface area contributed by atoms with Crippen molar-refractivity contribution in [3.8, 4) is 0 Å². The Bertz CT molecular complexity index is 527. The summed E-state index contributed by atoms with van der Waals surface area (Å²) in [5.74, 6) is 3.42. The maximum Gasteiger partial charge on any atom is 0.0655 e. The van der Waals surface area contributed by atoms with Gasteiger partial charge in [-0.15, -0.1) is 0 Å². The third kappa shape index (κ3) is 2.07. The molecule has 3 fully saturated rings. The predicted molar refractivity (Wildman–Crippen MR) is 85.6 cm³/mol. The fourth-order valence-electron chi connectivity index (χ4n) is 5.41. The van der Waals surface area contributed by atoms with Crippen LogP contribution in [0.15, 0.2) is 18.2 Å². The summed E-state index contributed by atoms with van der Waals surface area (Å²) in [5.41, 5.74) is 6.79. The molecule has 6 atom stereocenters. The van der Waals surface area contributed by atoms with Crippen molar-refractivity contribution in [2.45, 2.75) is 31.3 Å². The Morgan fingerprint density at radius 1 is 1.14 bits per heavy atom. The second kappa shape index (κ2) is 5.13. The topological polar surface area (TPSA) is 46.2 Å². The van der Waals surface area contributed by atoms with Crippen molar-refractivity contribution in [3.05, 3.63) is 33.8 Å². The van der Waals surface area contributed by atoms with Crippen LogP contribution in [0.3, 0.4) is 0 Å². The minimum atomic E-state index is -0.411. The van der Waals surface area contributed by atoms with Gasteiger partial charge in [0.1, 0.15) is 0 Å². The van der Waals surface area contributed by atoms with E-state index in [0.29, 0.717) is 22.5 Å². The lowest BCUT2D eigenvalue weighted by Gasteiger charge is -2.26. The lowest BCUT2D eigenvalue weighted by Crippen LogP contribution is -2.30. The molecule has 4 rings (SSSR count). The Morgan fingerprint density at radius 3 is 2.24 bits per heavy atom. The molecule has 1 aromatic carbocycles. The Labute approximate surface area is 135 Å². The highest BCUT2D eigenvalue weighted by molar-refractivity contribution is 6.36. The van der Waals surface area contributed by atoms with Gasteiger partial charge in [-0.25, -0.2) is 0 Å². The van der Waals surface area contributed by atoms with Crippen molar-refractivity contribution < 1.29 is 5.11 Å². The van der Waals surface area contributed by atoms with Gasteiger partial charge in [0, 0.05) is 22.5 Å². The van der Waals surface area contributed by atoms with E-state index in [-0.39, 0.29) is 5.92 Å². The molecule has 0 spiro atoms. The van der Waals surface area contributed by atoms with Crippen molar-refractivity contribution in [1.82, 2.24) is 0 Å². The molecule has 0 heterocycles. The van der Waals surface area contributed by atoms with E-state index < -0.39 is 6.10 Å². The molecule has 3 aliphatic rings. The standard InChI is InChI=1S/C17H21Cl2NO/c18-11-2-1-3-12(19)15(11)10(7-20)17(21)16-13-8-4-5-9(6-8)14(13)16/h1-3,8-10,13-14,16-17,21H,4-7,20H2. The molecule has 2 bridgehead atoms. The van der Waals surface area contributed by atoms with Crippen LogP contribution in [0.25, 0.3) is 0 Å². The van der Waals surface area contributed by atoms with Gasteiger partial charge < -0.3 is 10.8 Å². The highest BCUT2D eigenvalue weighted by Crippen LogP contribution is 2.71. The number of hydrogen-bond donors (Lipinski definition) is 2. The maximum absolute atomic E-state index is 10.9. The van der Waals surface area contributed by atoms with Crippen LogP contribution in [0.4, 0.5) is 0 Å². The van der Waals surface area contributed by atoms with Gasteiger partial charge in [-0.2, -0.15) is 0 Å². The highest BCUT2D eigenvalue weighted by Gasteiger charge is 2.67. The largest absolute Gasteiger partial charge is 0.392 e. The summed E-state index contributed by atoms with van der Waals surface area (Å²) in [6, 6.07) is 5.49. The Kier molecular flexibility index (Phi) is 3.50. The van der Waals surface area contributed by atoms with Crippen LogP contribution in [0.1, 0.15) is 30.7 Å². The van der Waals surface area contributed by atoms with Crippen molar-refractivity contribution in [1.29, 1.82) is 0 Å². The van der Waals surface area contributed by atoms with Crippen molar-refractivity contribution in [2.75, 3.05) is 6.54 Å². The molecule has 4 heteroatoms. The Hall–Kier alpha value is -0.280. The number of benzene rings is 1. The first-order chi connectivity index (χ1) is 10.1. The average Bonchev–Trinajstić information content (AvgIpc) is 2.90. The number of rotatable bonds is 4. The van der Waals surface area contributed by atoms with Gasteiger partial charge in [-0.05, 0) is 66.5 Å². The first-order valence-corrected chi connectivity index (χ1v) is 8.71. The molecule has 114 valence electrons. The number of aliphatic hydroxyl groups is 1. The molecular weight excluding hydrogens is 305 g/mol. The lowest BCUT2D eigenvalue weighted by atomic mass is 9.86. The van der Waals surface area contributed by atoms with Crippen LogP contribution >= 0.6 is 23.2 Å². The van der Waals surface area contributed by atoms with Crippen molar-refractivity contribution in [2.24, 2.45) is 35.3 Å². The van der Waals surface area contributed by atoms with E-state index in [9.17, 15) is 5.11 Å². The van der Waals surface area contributed by atoms with E-state index in [1.54, 1.807) is 0 Å². The summed E-state index contributed by atoms with van der Waals surface area (Å²) in [6.45, 7) is 0.385. The summed E-state index contributed by atoms with van der Waals surface area (Å²) in [7, 11) is 0. The summed E-state index contributed by atoms with van der Waals surface area (Å²) in [4.78, 5) is 0. The SMILES string of the molecule is NCC(c1c(Cl)cccc1Cl)C(O)C1C2C3CCC(C3)C21. The zero-order chi connectivity index (χ0) is 14.7. The van der Waals surface area contributed by atoms with Gasteiger partial charge in [0.15, 0.2) is 0 Å². The van der Waals surface area contributed by atoms with E-state index in [2.05, 4.69) is 0 Å². The monoisotopic (exact) mass is 325 g/mol. The first-order valence-electron chi connectivity index (χ1n) is 7.95. The molecule has 0 aliphatic heterocycles. The molecule has 6 unspecified atom stereocenters. The van der Waals surface area contributed by atoms with Crippen LogP contribution in [0, 0.1) is 29.6 Å². The molecule has 0 radical (unpaired) electrons. The van der Waals surface area contributed by atoms with Gasteiger partial charge >= 0.3 is 0 Å². The third-order valence-corrected chi connectivity index (χ3v) is 6.89. The van der Waals surface area contributed by atoms with Crippen LogP contribution < -0.4 is 5.73 Å². The number of fused-ring (bicyclic) bond motifs is 5. The number of nitrogens with two attached hydrogens (primary N) is 1. The zero-order valence-corrected chi connectivity index (χ0v) is 13.4. The van der Waals surface area contributed by atoms with E-state index in [1.165, 1.54) is 19.3 Å². The van der Waals surface area contributed by atoms with Crippen LogP contribution in [0.2, 0.25) is 10.0 Å². The number of halogens is 2. The van der Waals surface area contributed by atoms with E-state index in [1.807, 2.05) is 18.2 Å². The number of hydrogen-bond acceptors (Lipinski definition) is 2. The van der Waals surface area contributed by atoms with Gasteiger partial charge in [-0.1, -0.05) is 29.3 Å². The van der Waals surface area contributed by atoms with Gasteiger partial charge in [0.25, 0.3) is 0 Å². The smallest absolute Gasteiger partial charge is 0.0655 e. The fourth-order valence-corrected chi connectivity index (χ4v) is 6.09. The summed E-state index contributed by atoms with van der Waals surface area (Å²) in [6.07, 6.45) is 3.69. The zero-order valence-electron chi connectivity index (χ0n) is 11.9. The van der Waals surface area contributed by atoms with E-state index >= 15 is 0 Å². The third-order valence-electron chi connectivity index (χ3n) is 6.23. The average molecular weight is 326 g/mol. The Balaban J connectivity index is 1.60. The van der Waals surface area contributed by atoms with Crippen LogP contribution in [0.5, 0.6) is 0 Å². The first kappa shape index (κ1) is 14.3. The quantitative estimate of drug-likeness (QED) is 0.886. The lowest BCUT2D eigenvalue weighted by molar-refractivity contribution is 0.102. The van der Waals surface area contributed by atoms with Gasteiger partial charge in [0.05, 0.1) is 6.10 Å². The molecule has 1 aromatic rings. The highest BCUT2D eigenvalue weighted by atomic mass is 35.5. The molecule has 3 saturated carbocycles. The van der Waals surface area contributed by atoms with Crippen molar-refractivity contribution in [3.63, 3.8) is 0 Å². The van der Waals surface area contributed by atoms with E-state index in [4.69, 9.17) is 28.9 Å². The van der Waals surface area contributed by atoms with Gasteiger partial charge in [0.2, 0.25) is 0 Å². The molecule has 21 heavy (non-hydrogen) atoms. The summed E-state index contributed by atoms with van der Waals surface area (Å²) >= 11 is 12.6. The second-order valence-corrected chi connectivity index (χ2v) is 7.85. The molecular formula is C17H21Cl2NO. The molecule has 3 aliphatic carbocycles. The number of aliphatic hydroxyl groups excluding tert-OH is 1. The molecule has 0 saturated heterocycles. The minimum absolute atomic E-state index is 0.152. The van der Waals surface area contributed by atoms with E-state index in [0.717, 1.165) is 29.2 Å². The predicted octanol–water partition coefficient (Wildman–Crippen LogP) is 3.69. The molecule has 3 N–H and O–H groups in total. The maximum atomic E-state index is 10.9. The Morgan fingerprint density at radius 2 is 1.71 bits per heavy atom. The second-order valence-electron chi connectivity index (χ2n) is 7.03. The molecule has 0 amide bonds.